The minimum Gasteiger partial charge on any atom is -0.379 e. The fraction of sp³-hybridized carbons (Fsp3) is 1.00. The van der Waals surface area contributed by atoms with Crippen LogP contribution in [0.1, 0.15) is 20.3 Å². The predicted molar refractivity (Wildman–Crippen MR) is 69.9 cm³/mol. The highest BCUT2D eigenvalue weighted by molar-refractivity contribution is 8.00. The quantitative estimate of drug-likeness (QED) is 0.809. The molecule has 0 amide bonds. The van der Waals surface area contributed by atoms with Crippen molar-refractivity contribution < 1.29 is 4.74 Å². The summed E-state index contributed by atoms with van der Waals surface area (Å²) in [4.78, 5) is 2.58. The van der Waals surface area contributed by atoms with E-state index in [4.69, 9.17) is 10.5 Å². The van der Waals surface area contributed by atoms with E-state index in [-0.39, 0.29) is 11.5 Å². The molecule has 2 aliphatic rings. The predicted octanol–water partition coefficient (Wildman–Crippen LogP) is 1.18. The minimum absolute atomic E-state index is 0.167. The van der Waals surface area contributed by atoms with Gasteiger partial charge in [-0.25, -0.2) is 0 Å². The molecule has 0 aromatic heterocycles. The maximum absolute atomic E-state index is 6.14. The molecule has 0 aromatic carbocycles. The molecule has 2 heterocycles. The van der Waals surface area contributed by atoms with Gasteiger partial charge in [0.1, 0.15) is 0 Å². The van der Waals surface area contributed by atoms with Crippen molar-refractivity contribution in [1.82, 2.24) is 4.90 Å². The van der Waals surface area contributed by atoms with Crippen LogP contribution in [-0.2, 0) is 4.74 Å². The zero-order chi connectivity index (χ0) is 11.6. The standard InChI is InChI=1S/C12H24N2OS/c1-3-10-6-14(4-5-16-10)8-12(2)9-15-7-11(12)13/h10-11H,3-9,13H2,1-2H3. The van der Waals surface area contributed by atoms with Crippen LogP contribution in [0.3, 0.4) is 0 Å². The van der Waals surface area contributed by atoms with Gasteiger partial charge < -0.3 is 15.4 Å². The van der Waals surface area contributed by atoms with E-state index in [1.165, 1.54) is 25.3 Å². The first-order valence-corrected chi connectivity index (χ1v) is 7.36. The number of hydrogen-bond donors (Lipinski definition) is 1. The zero-order valence-corrected chi connectivity index (χ0v) is 11.3. The van der Waals surface area contributed by atoms with Gasteiger partial charge in [0.25, 0.3) is 0 Å². The molecule has 2 aliphatic heterocycles. The van der Waals surface area contributed by atoms with Crippen LogP contribution in [0.15, 0.2) is 0 Å². The first-order valence-electron chi connectivity index (χ1n) is 6.31. The number of thioether (sulfide) groups is 1. The molecule has 16 heavy (non-hydrogen) atoms. The van der Waals surface area contributed by atoms with Crippen molar-refractivity contribution >= 4 is 11.8 Å². The van der Waals surface area contributed by atoms with E-state index >= 15 is 0 Å². The summed E-state index contributed by atoms with van der Waals surface area (Å²) >= 11 is 2.12. The van der Waals surface area contributed by atoms with Gasteiger partial charge >= 0.3 is 0 Å². The summed E-state index contributed by atoms with van der Waals surface area (Å²) in [7, 11) is 0. The summed E-state index contributed by atoms with van der Waals surface area (Å²) < 4.78 is 5.51. The topological polar surface area (TPSA) is 38.5 Å². The molecule has 2 N–H and O–H groups in total. The molecule has 94 valence electrons. The highest BCUT2D eigenvalue weighted by Crippen LogP contribution is 2.30. The van der Waals surface area contributed by atoms with Crippen molar-refractivity contribution in [2.24, 2.45) is 11.1 Å². The lowest BCUT2D eigenvalue weighted by Crippen LogP contribution is -2.50. The molecular formula is C12H24N2OS. The van der Waals surface area contributed by atoms with Gasteiger partial charge in [0.2, 0.25) is 0 Å². The highest BCUT2D eigenvalue weighted by Gasteiger charge is 2.39. The third-order valence-corrected chi connectivity index (χ3v) is 5.26. The Morgan fingerprint density at radius 1 is 1.56 bits per heavy atom. The summed E-state index contributed by atoms with van der Waals surface area (Å²) in [5, 5.41) is 0.816. The fourth-order valence-corrected chi connectivity index (χ4v) is 3.82. The second-order valence-electron chi connectivity index (χ2n) is 5.41. The number of ether oxygens (including phenoxy) is 1. The van der Waals surface area contributed by atoms with Gasteiger partial charge in [-0.2, -0.15) is 11.8 Å². The Morgan fingerprint density at radius 3 is 3.00 bits per heavy atom. The molecule has 4 heteroatoms. The lowest BCUT2D eigenvalue weighted by atomic mass is 9.85. The van der Waals surface area contributed by atoms with Gasteiger partial charge in [0.15, 0.2) is 0 Å². The van der Waals surface area contributed by atoms with Crippen molar-refractivity contribution in [3.8, 4) is 0 Å². The molecule has 0 radical (unpaired) electrons. The van der Waals surface area contributed by atoms with Crippen LogP contribution in [0.5, 0.6) is 0 Å². The van der Waals surface area contributed by atoms with Crippen molar-refractivity contribution in [2.45, 2.75) is 31.6 Å². The second kappa shape index (κ2) is 5.25. The van der Waals surface area contributed by atoms with E-state index in [2.05, 4.69) is 30.5 Å². The van der Waals surface area contributed by atoms with Gasteiger partial charge in [-0.15, -0.1) is 0 Å². The summed E-state index contributed by atoms with van der Waals surface area (Å²) in [5.74, 6) is 1.27. The van der Waals surface area contributed by atoms with E-state index in [1.807, 2.05) is 0 Å². The van der Waals surface area contributed by atoms with Crippen LogP contribution in [0, 0.1) is 5.41 Å². The van der Waals surface area contributed by atoms with E-state index in [9.17, 15) is 0 Å². The molecule has 2 rings (SSSR count). The lowest BCUT2D eigenvalue weighted by Gasteiger charge is -2.38. The Bertz CT molecular complexity index is 239. The minimum atomic E-state index is 0.167. The molecule has 2 fully saturated rings. The molecular weight excluding hydrogens is 220 g/mol. The molecule has 2 saturated heterocycles. The largest absolute Gasteiger partial charge is 0.379 e. The molecule has 0 spiro atoms. The Morgan fingerprint density at radius 2 is 2.38 bits per heavy atom. The Balaban J connectivity index is 1.88. The van der Waals surface area contributed by atoms with Crippen molar-refractivity contribution in [1.29, 1.82) is 0 Å². The number of hydrogen-bond acceptors (Lipinski definition) is 4. The average molecular weight is 244 g/mol. The Kier molecular flexibility index (Phi) is 4.16. The summed E-state index contributed by atoms with van der Waals surface area (Å²) in [6.45, 7) is 9.66. The van der Waals surface area contributed by atoms with E-state index in [0.717, 1.165) is 25.0 Å². The molecule has 0 aliphatic carbocycles. The fourth-order valence-electron chi connectivity index (χ4n) is 2.57. The average Bonchev–Trinajstić information content (AvgIpc) is 2.59. The van der Waals surface area contributed by atoms with Crippen LogP contribution in [0.25, 0.3) is 0 Å². The normalized spacial score (nSPS) is 41.4. The summed E-state index contributed by atoms with van der Waals surface area (Å²) in [6.07, 6.45) is 1.28. The van der Waals surface area contributed by atoms with Crippen molar-refractivity contribution in [3.63, 3.8) is 0 Å². The monoisotopic (exact) mass is 244 g/mol. The molecule has 3 unspecified atom stereocenters. The van der Waals surface area contributed by atoms with Crippen LogP contribution >= 0.6 is 11.8 Å². The number of nitrogens with zero attached hydrogens (tertiary/aromatic N) is 1. The third kappa shape index (κ3) is 2.73. The van der Waals surface area contributed by atoms with Crippen LogP contribution in [-0.4, -0.2) is 54.8 Å². The van der Waals surface area contributed by atoms with Gasteiger partial charge in [0, 0.05) is 42.1 Å². The maximum atomic E-state index is 6.14. The molecule has 3 nitrogen and oxygen atoms in total. The van der Waals surface area contributed by atoms with Crippen LogP contribution in [0.4, 0.5) is 0 Å². The van der Waals surface area contributed by atoms with E-state index in [0.29, 0.717) is 0 Å². The third-order valence-electron chi connectivity index (χ3n) is 3.89. The lowest BCUT2D eigenvalue weighted by molar-refractivity contribution is 0.120. The number of nitrogens with two attached hydrogens (primary N) is 1. The van der Waals surface area contributed by atoms with E-state index < -0.39 is 0 Å². The Hall–Kier alpha value is 0.230. The molecule has 0 aromatic rings. The first kappa shape index (κ1) is 12.7. The molecule has 3 atom stereocenters. The molecule has 0 bridgehead atoms. The van der Waals surface area contributed by atoms with Crippen molar-refractivity contribution in [2.75, 3.05) is 38.6 Å². The molecule has 0 saturated carbocycles. The Labute approximate surface area is 103 Å². The van der Waals surface area contributed by atoms with Crippen molar-refractivity contribution in [3.05, 3.63) is 0 Å². The second-order valence-corrected chi connectivity index (χ2v) is 6.82. The summed E-state index contributed by atoms with van der Waals surface area (Å²) in [5.41, 5.74) is 6.31. The number of rotatable bonds is 3. The zero-order valence-electron chi connectivity index (χ0n) is 10.4. The first-order chi connectivity index (χ1) is 7.64. The summed E-state index contributed by atoms with van der Waals surface area (Å²) in [6, 6.07) is 0.210. The maximum Gasteiger partial charge on any atom is 0.0624 e. The smallest absolute Gasteiger partial charge is 0.0624 e. The SMILES string of the molecule is CCC1CN(CC2(C)COCC2N)CCS1. The van der Waals surface area contributed by atoms with Gasteiger partial charge in [0.05, 0.1) is 13.2 Å². The highest BCUT2D eigenvalue weighted by atomic mass is 32.2. The van der Waals surface area contributed by atoms with Crippen LogP contribution < -0.4 is 5.73 Å². The van der Waals surface area contributed by atoms with E-state index in [1.54, 1.807) is 0 Å². The van der Waals surface area contributed by atoms with Gasteiger partial charge in [-0.3, -0.25) is 0 Å². The van der Waals surface area contributed by atoms with Gasteiger partial charge in [-0.05, 0) is 6.42 Å². The van der Waals surface area contributed by atoms with Crippen LogP contribution in [0.2, 0.25) is 0 Å². The van der Waals surface area contributed by atoms with Gasteiger partial charge in [-0.1, -0.05) is 13.8 Å².